The maximum Gasteiger partial charge on any atom is 0.258 e. The number of likely N-dealkylation sites (tertiary alicyclic amines) is 1. The summed E-state index contributed by atoms with van der Waals surface area (Å²) in [6.45, 7) is 5.83. The molecule has 1 aromatic heterocycles. The van der Waals surface area contributed by atoms with Gasteiger partial charge >= 0.3 is 0 Å². The lowest BCUT2D eigenvalue weighted by atomic mass is 9.84. The largest absolute Gasteiger partial charge is 0.391 e. The first-order chi connectivity index (χ1) is 26.4. The van der Waals surface area contributed by atoms with Gasteiger partial charge in [0.1, 0.15) is 12.1 Å². The number of aryl methyl sites for hydroxylation is 1. The maximum absolute atomic E-state index is 15.4. The standard InChI is InChI=1S/C44H45FN4O4S2/c1-29-37(54-28-47-29)31-21-19-30(20-22-31)26-46-39(51)36-25-35(50)27-49(36)40(52)38(48-41(53)43(45)23-24-43)42(2,3)55-44(32-13-7-4-8-14-32,33-15-9-5-10-16-33)34-17-11-6-12-18-34/h4-22,28,35-36,38,50H,23-27H2,1-3H3,(H,46,51)(H,48,53)/t35-,36?,38-/m1/s1. The summed E-state index contributed by atoms with van der Waals surface area (Å²) in [6, 6.07) is 35.5. The van der Waals surface area contributed by atoms with E-state index in [1.54, 1.807) is 11.3 Å². The SMILES string of the molecule is Cc1ncsc1-c1ccc(CNC(=O)C2C[C@@H](O)CN2C(=O)[C@@H](NC(=O)C2(F)CC2)C(C)(C)SC(c2ccccc2)(c2ccccc2)c2ccccc2)cc1. The quantitative estimate of drug-likeness (QED) is 0.109. The normalized spacial score (nSPS) is 18.4. The topological polar surface area (TPSA) is 112 Å². The average Bonchev–Trinajstić information content (AvgIpc) is 3.61. The van der Waals surface area contributed by atoms with E-state index in [0.29, 0.717) is 0 Å². The summed E-state index contributed by atoms with van der Waals surface area (Å²) in [6.07, 6.45) is -0.771. The molecule has 1 aliphatic heterocycles. The van der Waals surface area contributed by atoms with Crippen LogP contribution in [-0.2, 0) is 25.7 Å². The molecular formula is C44H45FN4O4S2. The van der Waals surface area contributed by atoms with Crippen LogP contribution < -0.4 is 10.6 Å². The highest BCUT2D eigenvalue weighted by atomic mass is 32.2. The Morgan fingerprint density at radius 2 is 1.45 bits per heavy atom. The highest BCUT2D eigenvalue weighted by Gasteiger charge is 2.55. The van der Waals surface area contributed by atoms with E-state index in [9.17, 15) is 19.5 Å². The molecule has 3 atom stereocenters. The maximum atomic E-state index is 15.4. The molecule has 2 fully saturated rings. The zero-order valence-corrected chi connectivity index (χ0v) is 32.7. The molecule has 7 rings (SSSR count). The van der Waals surface area contributed by atoms with Gasteiger partial charge in [-0.3, -0.25) is 14.4 Å². The summed E-state index contributed by atoms with van der Waals surface area (Å²) in [7, 11) is 0. The molecule has 3 N–H and O–H groups in total. The number of halogens is 1. The van der Waals surface area contributed by atoms with Crippen molar-refractivity contribution in [2.45, 2.75) is 79.9 Å². The number of aliphatic hydroxyl groups is 1. The van der Waals surface area contributed by atoms with Gasteiger partial charge in [-0.05, 0) is 61.4 Å². The van der Waals surface area contributed by atoms with Crippen LogP contribution >= 0.6 is 23.1 Å². The van der Waals surface area contributed by atoms with Crippen molar-refractivity contribution in [3.8, 4) is 10.4 Å². The van der Waals surface area contributed by atoms with E-state index in [1.807, 2.05) is 142 Å². The van der Waals surface area contributed by atoms with Crippen LogP contribution in [0.4, 0.5) is 4.39 Å². The summed E-state index contributed by atoms with van der Waals surface area (Å²) in [5.74, 6) is -1.82. The van der Waals surface area contributed by atoms with Crippen LogP contribution in [0.3, 0.4) is 0 Å². The highest BCUT2D eigenvalue weighted by Crippen LogP contribution is 2.54. The van der Waals surface area contributed by atoms with Crippen LogP contribution in [0.1, 0.15) is 61.1 Å². The second-order valence-corrected chi connectivity index (χ2v) is 17.7. The van der Waals surface area contributed by atoms with Gasteiger partial charge in [0.2, 0.25) is 11.8 Å². The van der Waals surface area contributed by atoms with E-state index < -0.39 is 51.1 Å². The average molecular weight is 777 g/mol. The van der Waals surface area contributed by atoms with Gasteiger partial charge in [0, 0.05) is 24.3 Å². The van der Waals surface area contributed by atoms with Crippen molar-refractivity contribution in [1.82, 2.24) is 20.5 Å². The third-order valence-corrected chi connectivity index (χ3v) is 13.3. The molecule has 1 saturated carbocycles. The molecule has 1 unspecified atom stereocenters. The molecule has 5 aromatic rings. The van der Waals surface area contributed by atoms with Crippen LogP contribution in [0.2, 0.25) is 0 Å². The molecule has 1 aliphatic carbocycles. The number of nitrogens with zero attached hydrogens (tertiary/aromatic N) is 2. The van der Waals surface area contributed by atoms with Crippen molar-refractivity contribution >= 4 is 40.8 Å². The molecule has 284 valence electrons. The van der Waals surface area contributed by atoms with Crippen LogP contribution in [0.25, 0.3) is 10.4 Å². The van der Waals surface area contributed by atoms with Crippen molar-refractivity contribution in [3.05, 3.63) is 149 Å². The Bertz CT molecular complexity index is 2030. The Labute approximate surface area is 329 Å². The van der Waals surface area contributed by atoms with Gasteiger partial charge in [-0.1, -0.05) is 115 Å². The van der Waals surface area contributed by atoms with E-state index >= 15 is 4.39 Å². The number of amides is 3. The molecule has 55 heavy (non-hydrogen) atoms. The lowest BCUT2D eigenvalue weighted by Gasteiger charge is -2.45. The van der Waals surface area contributed by atoms with Gasteiger partial charge < -0.3 is 20.6 Å². The predicted molar refractivity (Wildman–Crippen MR) is 216 cm³/mol. The molecule has 3 amide bonds. The van der Waals surface area contributed by atoms with E-state index in [2.05, 4.69) is 15.6 Å². The number of thioether (sulfide) groups is 1. The summed E-state index contributed by atoms with van der Waals surface area (Å²) >= 11 is 3.06. The molecule has 1 saturated heterocycles. The smallest absolute Gasteiger partial charge is 0.258 e. The van der Waals surface area contributed by atoms with E-state index in [0.717, 1.165) is 38.4 Å². The molecule has 0 bridgehead atoms. The fraction of sp³-hybridized carbons (Fsp3) is 0.318. The first-order valence-electron chi connectivity index (χ1n) is 18.5. The van der Waals surface area contributed by atoms with Crippen molar-refractivity contribution in [1.29, 1.82) is 0 Å². The Hall–Kier alpha value is -4.84. The van der Waals surface area contributed by atoms with Gasteiger partial charge in [0.05, 0.1) is 26.9 Å². The number of aliphatic hydroxyl groups excluding tert-OH is 1. The Morgan fingerprint density at radius 1 is 0.909 bits per heavy atom. The summed E-state index contributed by atoms with van der Waals surface area (Å²) in [5, 5.41) is 16.7. The molecule has 4 aromatic carbocycles. The van der Waals surface area contributed by atoms with Gasteiger partial charge in [-0.2, -0.15) is 0 Å². The van der Waals surface area contributed by atoms with Crippen molar-refractivity contribution in [2.75, 3.05) is 6.54 Å². The monoisotopic (exact) mass is 776 g/mol. The fourth-order valence-electron chi connectivity index (χ4n) is 7.41. The third-order valence-electron chi connectivity index (χ3n) is 10.6. The Kier molecular flexibility index (Phi) is 11.0. The first-order valence-corrected chi connectivity index (χ1v) is 20.2. The third kappa shape index (κ3) is 7.97. The number of β-amino-alcohol motifs (C(OH)–C–C–N with tert-alkyl or cyclic N) is 1. The zero-order chi connectivity index (χ0) is 38.8. The summed E-state index contributed by atoms with van der Waals surface area (Å²) in [4.78, 5) is 49.1. The van der Waals surface area contributed by atoms with Crippen molar-refractivity contribution in [2.24, 2.45) is 0 Å². The van der Waals surface area contributed by atoms with Crippen LogP contribution in [0.15, 0.2) is 121 Å². The number of aromatic nitrogens is 1. The number of carbonyl (C=O) groups is 3. The minimum absolute atomic E-state index is 0.0322. The summed E-state index contributed by atoms with van der Waals surface area (Å²) in [5.41, 5.74) is 5.49. The molecule has 0 spiro atoms. The molecular weight excluding hydrogens is 732 g/mol. The second-order valence-electron chi connectivity index (χ2n) is 14.9. The number of benzene rings is 4. The number of hydrogen-bond acceptors (Lipinski definition) is 7. The molecule has 2 heterocycles. The number of carbonyl (C=O) groups excluding carboxylic acids is 3. The van der Waals surface area contributed by atoms with Crippen molar-refractivity contribution in [3.63, 3.8) is 0 Å². The second kappa shape index (κ2) is 15.7. The van der Waals surface area contributed by atoms with Crippen LogP contribution in [0.5, 0.6) is 0 Å². The lowest BCUT2D eigenvalue weighted by molar-refractivity contribution is -0.143. The number of thiazole rings is 1. The van der Waals surface area contributed by atoms with E-state index in [1.165, 1.54) is 16.7 Å². The molecule has 2 aliphatic rings. The molecule has 11 heteroatoms. The number of hydrogen-bond donors (Lipinski definition) is 3. The Balaban J connectivity index is 1.20. The fourth-order valence-corrected chi connectivity index (χ4v) is 10.1. The first kappa shape index (κ1) is 38.4. The van der Waals surface area contributed by atoms with Gasteiger partial charge in [0.15, 0.2) is 5.67 Å². The zero-order valence-electron chi connectivity index (χ0n) is 31.1. The minimum Gasteiger partial charge on any atom is -0.391 e. The van der Waals surface area contributed by atoms with Gasteiger partial charge in [0.25, 0.3) is 5.91 Å². The molecule has 0 radical (unpaired) electrons. The summed E-state index contributed by atoms with van der Waals surface area (Å²) < 4.78 is 13.4. The van der Waals surface area contributed by atoms with Crippen molar-refractivity contribution < 1.29 is 23.9 Å². The van der Waals surface area contributed by atoms with Gasteiger partial charge in [-0.25, -0.2) is 9.37 Å². The van der Waals surface area contributed by atoms with Crippen LogP contribution in [-0.4, -0.2) is 67.9 Å². The lowest BCUT2D eigenvalue weighted by Crippen LogP contribution is -2.61. The van der Waals surface area contributed by atoms with E-state index in [4.69, 9.17) is 0 Å². The Morgan fingerprint density at radius 3 is 1.95 bits per heavy atom. The van der Waals surface area contributed by atoms with Gasteiger partial charge in [-0.15, -0.1) is 23.1 Å². The number of rotatable bonds is 13. The van der Waals surface area contributed by atoms with Crippen LogP contribution in [0, 0.1) is 6.92 Å². The number of alkyl halides is 1. The number of nitrogens with one attached hydrogen (secondary N) is 2. The highest BCUT2D eigenvalue weighted by molar-refractivity contribution is 8.02. The molecule has 8 nitrogen and oxygen atoms in total. The predicted octanol–water partition coefficient (Wildman–Crippen LogP) is 7.19. The van der Waals surface area contributed by atoms with E-state index in [-0.39, 0.29) is 32.4 Å². The minimum atomic E-state index is -2.05.